The lowest BCUT2D eigenvalue weighted by Crippen LogP contribution is -2.29. The third kappa shape index (κ3) is 4.22. The Morgan fingerprint density at radius 2 is 1.68 bits per heavy atom. The molecule has 1 heterocycles. The largest absolute Gasteiger partial charge is 0.573 e. The van der Waals surface area contributed by atoms with Crippen molar-refractivity contribution in [1.82, 2.24) is 14.9 Å². The van der Waals surface area contributed by atoms with Gasteiger partial charge in [-0.15, -0.1) is 13.2 Å². The molecule has 10 heteroatoms. The second-order valence-electron chi connectivity index (χ2n) is 5.99. The van der Waals surface area contributed by atoms with Crippen molar-refractivity contribution in [1.29, 1.82) is 0 Å². The van der Waals surface area contributed by atoms with Gasteiger partial charge in [0.1, 0.15) is 5.75 Å². The minimum Gasteiger partial charge on any atom is -0.405 e. The number of aromatic amines is 2. The molecule has 0 aliphatic rings. The number of hydrogen-bond donors (Lipinski definition) is 2. The van der Waals surface area contributed by atoms with Crippen LogP contribution in [0.3, 0.4) is 0 Å². The summed E-state index contributed by atoms with van der Waals surface area (Å²) in [6.07, 6.45) is -4.85. The van der Waals surface area contributed by atoms with Crippen molar-refractivity contribution in [3.05, 3.63) is 74.3 Å². The number of amides is 1. The molecule has 0 radical (unpaired) electrons. The summed E-state index contributed by atoms with van der Waals surface area (Å²) in [6, 6.07) is 9.79. The van der Waals surface area contributed by atoms with Gasteiger partial charge in [0.05, 0.1) is 11.0 Å². The zero-order valence-electron chi connectivity index (χ0n) is 14.5. The van der Waals surface area contributed by atoms with Gasteiger partial charge in [-0.05, 0) is 24.3 Å². The van der Waals surface area contributed by atoms with Gasteiger partial charge < -0.3 is 19.6 Å². The molecule has 2 N–H and O–H groups in total. The number of nitrogens with one attached hydrogen (secondary N) is 2. The fourth-order valence-electron chi connectivity index (χ4n) is 2.65. The molecule has 0 saturated carbocycles. The number of H-pyrrole nitrogens is 2. The number of para-hydroxylation sites is 1. The Bertz CT molecular complexity index is 1150. The smallest absolute Gasteiger partial charge is 0.405 e. The number of hydrogen-bond acceptors (Lipinski definition) is 4. The van der Waals surface area contributed by atoms with Crippen molar-refractivity contribution in [3.63, 3.8) is 0 Å². The van der Waals surface area contributed by atoms with E-state index < -0.39 is 29.1 Å². The molecular formula is C18H14F3N3O4. The molecular weight excluding hydrogens is 379 g/mol. The van der Waals surface area contributed by atoms with Gasteiger partial charge in [0.15, 0.2) is 0 Å². The normalized spacial score (nSPS) is 11.4. The van der Waals surface area contributed by atoms with E-state index in [0.29, 0.717) is 5.52 Å². The minimum absolute atomic E-state index is 0.134. The van der Waals surface area contributed by atoms with Gasteiger partial charge in [-0.25, -0.2) is 0 Å². The zero-order chi connectivity index (χ0) is 20.5. The van der Waals surface area contributed by atoms with Crippen LogP contribution in [-0.4, -0.2) is 34.2 Å². The number of nitrogens with zero attached hydrogens (tertiary/aromatic N) is 1. The molecule has 3 rings (SSSR count). The van der Waals surface area contributed by atoms with Crippen LogP contribution in [0, 0.1) is 0 Å². The number of carbonyl (C=O) groups is 1. The van der Waals surface area contributed by atoms with Gasteiger partial charge in [-0.3, -0.25) is 14.4 Å². The second-order valence-corrected chi connectivity index (χ2v) is 5.99. The molecule has 1 aromatic heterocycles. The average Bonchev–Trinajstić information content (AvgIpc) is 2.62. The fraction of sp³-hybridized carbons (Fsp3) is 0.167. The molecule has 0 aliphatic heterocycles. The zero-order valence-corrected chi connectivity index (χ0v) is 14.5. The van der Waals surface area contributed by atoms with E-state index in [0.717, 1.165) is 6.07 Å². The minimum atomic E-state index is -4.85. The van der Waals surface area contributed by atoms with Crippen LogP contribution >= 0.6 is 0 Å². The van der Waals surface area contributed by atoms with Gasteiger partial charge in [-0.2, -0.15) is 0 Å². The first-order chi connectivity index (χ1) is 13.1. The number of rotatable bonds is 4. The number of halogens is 3. The summed E-state index contributed by atoms with van der Waals surface area (Å²) in [4.78, 5) is 41.4. The van der Waals surface area contributed by atoms with Crippen LogP contribution in [0.4, 0.5) is 13.2 Å². The summed E-state index contributed by atoms with van der Waals surface area (Å²) >= 11 is 0. The van der Waals surface area contributed by atoms with Crippen LogP contribution in [-0.2, 0) is 6.54 Å². The molecule has 0 bridgehead atoms. The van der Waals surface area contributed by atoms with Crippen molar-refractivity contribution in [2.24, 2.45) is 0 Å². The number of carbonyl (C=O) groups excluding carboxylic acids is 1. The van der Waals surface area contributed by atoms with Crippen LogP contribution in [0.5, 0.6) is 5.75 Å². The molecule has 0 aliphatic carbocycles. The summed E-state index contributed by atoms with van der Waals surface area (Å²) in [5.41, 5.74) is -0.716. The van der Waals surface area contributed by atoms with Gasteiger partial charge >= 0.3 is 17.5 Å². The van der Waals surface area contributed by atoms with Gasteiger partial charge in [0, 0.05) is 24.7 Å². The van der Waals surface area contributed by atoms with Crippen molar-refractivity contribution >= 4 is 16.9 Å². The lowest BCUT2D eigenvalue weighted by Gasteiger charge is -2.20. The summed E-state index contributed by atoms with van der Waals surface area (Å²) in [5.74, 6) is -0.883. The lowest BCUT2D eigenvalue weighted by molar-refractivity contribution is -0.275. The first-order valence-corrected chi connectivity index (χ1v) is 7.99. The van der Waals surface area contributed by atoms with Crippen molar-refractivity contribution in [2.45, 2.75) is 12.9 Å². The van der Waals surface area contributed by atoms with Crippen LogP contribution in [0.25, 0.3) is 11.0 Å². The third-order valence-electron chi connectivity index (χ3n) is 3.92. The molecule has 0 atom stereocenters. The van der Waals surface area contributed by atoms with Crippen LogP contribution in [0.2, 0.25) is 0 Å². The quantitative estimate of drug-likeness (QED) is 0.666. The predicted molar refractivity (Wildman–Crippen MR) is 94.1 cm³/mol. The van der Waals surface area contributed by atoms with E-state index in [1.165, 1.54) is 48.3 Å². The van der Waals surface area contributed by atoms with Crippen LogP contribution in [0.15, 0.2) is 52.1 Å². The number of ether oxygens (including phenoxy) is 1. The van der Waals surface area contributed by atoms with Gasteiger partial charge in [0.2, 0.25) is 0 Å². The summed E-state index contributed by atoms with van der Waals surface area (Å²) in [7, 11) is 1.42. The molecule has 7 nitrogen and oxygen atoms in total. The average molecular weight is 393 g/mol. The van der Waals surface area contributed by atoms with Crippen molar-refractivity contribution in [2.75, 3.05) is 7.05 Å². The molecule has 0 unspecified atom stereocenters. The molecule has 0 fully saturated rings. The number of alkyl halides is 3. The van der Waals surface area contributed by atoms with E-state index in [9.17, 15) is 27.6 Å². The highest BCUT2D eigenvalue weighted by Crippen LogP contribution is 2.27. The van der Waals surface area contributed by atoms with E-state index in [-0.39, 0.29) is 23.2 Å². The molecule has 0 spiro atoms. The molecule has 0 saturated heterocycles. The maximum Gasteiger partial charge on any atom is 0.573 e. The van der Waals surface area contributed by atoms with E-state index in [1.54, 1.807) is 0 Å². The third-order valence-corrected chi connectivity index (χ3v) is 3.92. The summed E-state index contributed by atoms with van der Waals surface area (Å²) < 4.78 is 41.6. The molecule has 3 aromatic rings. The predicted octanol–water partition coefficient (Wildman–Crippen LogP) is 2.39. The molecule has 1 amide bonds. The molecule has 2 aromatic carbocycles. The van der Waals surface area contributed by atoms with E-state index in [1.807, 2.05) is 0 Å². The van der Waals surface area contributed by atoms with Crippen LogP contribution < -0.4 is 15.9 Å². The van der Waals surface area contributed by atoms with E-state index >= 15 is 0 Å². The first kappa shape index (κ1) is 19.2. The maximum absolute atomic E-state index is 12.6. The van der Waals surface area contributed by atoms with E-state index in [2.05, 4.69) is 14.7 Å². The van der Waals surface area contributed by atoms with E-state index in [4.69, 9.17) is 0 Å². The SMILES string of the molecule is CN(Cc1ccccc1OC(F)(F)F)C(=O)c1ccc2[nH]c(=O)c(=O)[nH]c2c1. The Balaban J connectivity index is 1.86. The van der Waals surface area contributed by atoms with Gasteiger partial charge in [-0.1, -0.05) is 18.2 Å². The van der Waals surface area contributed by atoms with Crippen LogP contribution in [0.1, 0.15) is 15.9 Å². The Labute approximate surface area is 155 Å². The monoisotopic (exact) mass is 393 g/mol. The number of fused-ring (bicyclic) bond motifs is 1. The summed E-state index contributed by atoms with van der Waals surface area (Å²) in [5, 5.41) is 0. The standard InChI is InChI=1S/C18H14F3N3O4/c1-24(9-11-4-2-3-5-14(11)28-18(19,20)21)17(27)10-6-7-12-13(8-10)23-16(26)15(25)22-12/h2-8H,9H2,1H3,(H,22,25)(H,23,26). The highest BCUT2D eigenvalue weighted by molar-refractivity contribution is 5.97. The summed E-state index contributed by atoms with van der Waals surface area (Å²) in [6.45, 7) is -0.134. The lowest BCUT2D eigenvalue weighted by atomic mass is 10.1. The molecule has 146 valence electrons. The Hall–Kier alpha value is -3.56. The maximum atomic E-state index is 12.6. The number of aromatic nitrogens is 2. The Morgan fingerprint density at radius 1 is 1.04 bits per heavy atom. The first-order valence-electron chi connectivity index (χ1n) is 7.99. The van der Waals surface area contributed by atoms with Crippen molar-refractivity contribution in [3.8, 4) is 5.75 Å². The highest BCUT2D eigenvalue weighted by atomic mass is 19.4. The van der Waals surface area contributed by atoms with Gasteiger partial charge in [0.25, 0.3) is 5.91 Å². The second kappa shape index (κ2) is 7.22. The Morgan fingerprint density at radius 3 is 2.36 bits per heavy atom. The van der Waals surface area contributed by atoms with Crippen molar-refractivity contribution < 1.29 is 22.7 Å². The Kier molecular flexibility index (Phi) is 4.95. The fourth-order valence-corrected chi connectivity index (χ4v) is 2.65. The number of benzene rings is 2. The molecule has 28 heavy (non-hydrogen) atoms. The highest BCUT2D eigenvalue weighted by Gasteiger charge is 2.32. The topological polar surface area (TPSA) is 95.3 Å².